The number of anilines is 3. The quantitative estimate of drug-likeness (QED) is 0.175. The van der Waals surface area contributed by atoms with E-state index < -0.39 is 0 Å². The Morgan fingerprint density at radius 1 is 0.483 bits per heavy atom. The molecule has 0 saturated carbocycles. The van der Waals surface area contributed by atoms with Crippen LogP contribution >= 0.6 is 0 Å². The molecule has 0 amide bonds. The van der Waals surface area contributed by atoms with Crippen molar-refractivity contribution in [3.8, 4) is 27.9 Å². The van der Waals surface area contributed by atoms with Crippen molar-refractivity contribution in [1.82, 2.24) is 4.57 Å². The van der Waals surface area contributed by atoms with Gasteiger partial charge in [-0.3, -0.25) is 0 Å². The monoisotopic (exact) mass is 742 g/mol. The smallest absolute Gasteiger partial charge is 0.137 e. The molecule has 2 aromatic heterocycles. The molecule has 0 spiro atoms. The first-order valence-corrected chi connectivity index (χ1v) is 20.1. The number of hydrogen-bond acceptors (Lipinski definition) is 2. The number of rotatable bonds is 5. The minimum Gasteiger partial charge on any atom is -0.456 e. The second kappa shape index (κ2) is 12.3. The minimum absolute atomic E-state index is 0.116. The minimum atomic E-state index is -0.116. The number of hydrogen-bond donors (Lipinski definition) is 0. The van der Waals surface area contributed by atoms with Crippen molar-refractivity contribution in [2.45, 2.75) is 19.3 Å². The van der Waals surface area contributed by atoms with Gasteiger partial charge in [0.05, 0.1) is 27.8 Å². The number of aromatic nitrogens is 1. The molecule has 2 heterocycles. The Morgan fingerprint density at radius 2 is 1.17 bits per heavy atom. The van der Waals surface area contributed by atoms with Gasteiger partial charge in [0, 0.05) is 43.9 Å². The van der Waals surface area contributed by atoms with E-state index in [4.69, 9.17) is 4.42 Å². The maximum Gasteiger partial charge on any atom is 0.137 e. The summed E-state index contributed by atoms with van der Waals surface area (Å²) in [6.45, 7) is 4.69. The molecule has 274 valence electrons. The van der Waals surface area contributed by atoms with Gasteiger partial charge in [-0.15, -0.1) is 0 Å². The summed E-state index contributed by atoms with van der Waals surface area (Å²) in [5.74, 6) is 0. The van der Waals surface area contributed by atoms with E-state index in [2.05, 4.69) is 217 Å². The van der Waals surface area contributed by atoms with Crippen molar-refractivity contribution < 1.29 is 4.42 Å². The summed E-state index contributed by atoms with van der Waals surface area (Å²) in [5.41, 5.74) is 16.2. The van der Waals surface area contributed by atoms with Crippen molar-refractivity contribution in [2.24, 2.45) is 0 Å². The third-order valence-electron chi connectivity index (χ3n) is 12.6. The Labute approximate surface area is 336 Å². The van der Waals surface area contributed by atoms with Crippen LogP contribution in [0, 0.1) is 0 Å². The summed E-state index contributed by atoms with van der Waals surface area (Å²) in [7, 11) is 0. The van der Waals surface area contributed by atoms with Crippen LogP contribution in [-0.4, -0.2) is 4.57 Å². The SMILES string of the molecule is CC1(C)c2ccccc2-c2c(N(c3ccccc3)c3cccc4oc5ccc(-c6ccc7c(c6)c6ccc8ccccc8c6n7-c6ccccc6)cc5c34)cccc21. The van der Waals surface area contributed by atoms with E-state index in [1.54, 1.807) is 0 Å². The Hall–Kier alpha value is -7.36. The topological polar surface area (TPSA) is 21.3 Å². The van der Waals surface area contributed by atoms with Crippen LogP contribution in [0.4, 0.5) is 17.1 Å². The third kappa shape index (κ3) is 4.68. The highest BCUT2D eigenvalue weighted by molar-refractivity contribution is 6.20. The van der Waals surface area contributed by atoms with E-state index in [-0.39, 0.29) is 5.41 Å². The van der Waals surface area contributed by atoms with Gasteiger partial charge in [-0.05, 0) is 99.9 Å². The number of para-hydroxylation sites is 2. The third-order valence-corrected chi connectivity index (χ3v) is 12.6. The van der Waals surface area contributed by atoms with E-state index in [0.717, 1.165) is 50.3 Å². The van der Waals surface area contributed by atoms with Crippen molar-refractivity contribution in [2.75, 3.05) is 4.90 Å². The normalized spacial score (nSPS) is 13.1. The lowest BCUT2D eigenvalue weighted by atomic mass is 9.82. The van der Waals surface area contributed by atoms with Crippen LogP contribution < -0.4 is 4.90 Å². The van der Waals surface area contributed by atoms with Crippen LogP contribution in [0.2, 0.25) is 0 Å². The van der Waals surface area contributed by atoms with Gasteiger partial charge >= 0.3 is 0 Å². The van der Waals surface area contributed by atoms with Crippen LogP contribution in [0.1, 0.15) is 25.0 Å². The molecule has 12 rings (SSSR count). The summed E-state index contributed by atoms with van der Waals surface area (Å²) in [6.07, 6.45) is 0. The van der Waals surface area contributed by atoms with Crippen LogP contribution in [-0.2, 0) is 5.41 Å². The highest BCUT2D eigenvalue weighted by Gasteiger charge is 2.38. The lowest BCUT2D eigenvalue weighted by Gasteiger charge is -2.29. The molecule has 3 nitrogen and oxygen atoms in total. The number of furan rings is 1. The van der Waals surface area contributed by atoms with E-state index in [1.807, 2.05) is 0 Å². The molecule has 11 aromatic rings. The van der Waals surface area contributed by atoms with Gasteiger partial charge in [0.1, 0.15) is 11.2 Å². The standard InChI is InChI=1S/C55H38N2O/c1-55(2)45-22-12-11-21-42(45)52-46(55)23-13-24-48(52)56(38-16-5-3-6-17-38)49-25-14-26-51-53(49)44-34-37(29-32-50(44)58-51)36-28-31-47-43(33-36)41-30-27-35-15-9-10-20-40(35)54(41)57(47)39-18-7-4-8-19-39/h3-34H,1-2H3. The highest BCUT2D eigenvalue weighted by atomic mass is 16.3. The largest absolute Gasteiger partial charge is 0.456 e. The molecule has 3 heteroatoms. The van der Waals surface area contributed by atoms with Crippen molar-refractivity contribution in [1.29, 1.82) is 0 Å². The molecule has 0 saturated heterocycles. The van der Waals surface area contributed by atoms with Gasteiger partial charge in [0.15, 0.2) is 0 Å². The molecule has 0 unspecified atom stereocenters. The average molecular weight is 743 g/mol. The fraction of sp³-hybridized carbons (Fsp3) is 0.0545. The summed E-state index contributed by atoms with van der Waals surface area (Å²) in [4.78, 5) is 2.44. The van der Waals surface area contributed by atoms with E-state index in [1.165, 1.54) is 60.4 Å². The van der Waals surface area contributed by atoms with Crippen LogP contribution in [0.3, 0.4) is 0 Å². The van der Waals surface area contributed by atoms with Gasteiger partial charge in [-0.25, -0.2) is 0 Å². The number of benzene rings is 9. The zero-order valence-electron chi connectivity index (χ0n) is 32.3. The molecular weight excluding hydrogens is 705 g/mol. The first kappa shape index (κ1) is 32.8. The molecule has 0 bridgehead atoms. The molecule has 0 N–H and O–H groups in total. The first-order valence-electron chi connectivity index (χ1n) is 20.1. The van der Waals surface area contributed by atoms with E-state index in [9.17, 15) is 0 Å². The summed E-state index contributed by atoms with van der Waals surface area (Å²) >= 11 is 0. The van der Waals surface area contributed by atoms with E-state index >= 15 is 0 Å². The molecule has 0 aliphatic heterocycles. The van der Waals surface area contributed by atoms with Crippen LogP contribution in [0.15, 0.2) is 199 Å². The fourth-order valence-corrected chi connectivity index (χ4v) is 9.89. The van der Waals surface area contributed by atoms with Crippen molar-refractivity contribution in [3.63, 3.8) is 0 Å². The number of fused-ring (bicyclic) bond motifs is 11. The molecule has 0 fully saturated rings. The van der Waals surface area contributed by atoms with Gasteiger partial charge in [-0.1, -0.05) is 141 Å². The van der Waals surface area contributed by atoms with Crippen molar-refractivity contribution in [3.05, 3.63) is 205 Å². The van der Waals surface area contributed by atoms with Gasteiger partial charge in [0.2, 0.25) is 0 Å². The summed E-state index contributed by atoms with van der Waals surface area (Å²) < 4.78 is 9.10. The van der Waals surface area contributed by atoms with Crippen LogP contribution in [0.5, 0.6) is 0 Å². The fourth-order valence-electron chi connectivity index (χ4n) is 9.89. The molecule has 58 heavy (non-hydrogen) atoms. The molecule has 0 radical (unpaired) electrons. The predicted octanol–water partition coefficient (Wildman–Crippen LogP) is 15.3. The second-order valence-electron chi connectivity index (χ2n) is 16.1. The van der Waals surface area contributed by atoms with Crippen LogP contribution in [0.25, 0.3) is 82.5 Å². The Kier molecular flexibility index (Phi) is 6.98. The first-order chi connectivity index (χ1) is 28.5. The maximum atomic E-state index is 6.68. The van der Waals surface area contributed by atoms with Crippen molar-refractivity contribution >= 4 is 71.6 Å². The zero-order chi connectivity index (χ0) is 38.5. The lowest BCUT2D eigenvalue weighted by molar-refractivity contribution is 0.660. The maximum absolute atomic E-state index is 6.68. The lowest BCUT2D eigenvalue weighted by Crippen LogP contribution is -2.16. The Balaban J connectivity index is 1.08. The van der Waals surface area contributed by atoms with Gasteiger partial charge in [-0.2, -0.15) is 0 Å². The molecular formula is C55H38N2O. The second-order valence-corrected chi connectivity index (χ2v) is 16.1. The summed E-state index contributed by atoms with van der Waals surface area (Å²) in [6, 6.07) is 70.5. The van der Waals surface area contributed by atoms with Gasteiger partial charge < -0.3 is 13.9 Å². The van der Waals surface area contributed by atoms with E-state index in [0.29, 0.717) is 0 Å². The highest BCUT2D eigenvalue weighted by Crippen LogP contribution is 2.55. The molecule has 9 aromatic carbocycles. The predicted molar refractivity (Wildman–Crippen MR) is 243 cm³/mol. The Bertz CT molecular complexity index is 3430. The molecule has 1 aliphatic rings. The van der Waals surface area contributed by atoms with Gasteiger partial charge in [0.25, 0.3) is 0 Å². The molecule has 1 aliphatic carbocycles. The molecule has 0 atom stereocenters. The average Bonchev–Trinajstić information content (AvgIpc) is 3.90. The number of nitrogens with zero attached hydrogens (tertiary/aromatic N) is 2. The Morgan fingerprint density at radius 3 is 2.03 bits per heavy atom. The zero-order valence-corrected chi connectivity index (χ0v) is 32.3. The summed E-state index contributed by atoms with van der Waals surface area (Å²) in [5, 5.41) is 7.15.